The molecule has 0 aliphatic carbocycles. The lowest BCUT2D eigenvalue weighted by atomic mass is 9.70. The second-order valence-corrected chi connectivity index (χ2v) is 9.95. The fourth-order valence-electron chi connectivity index (χ4n) is 5.51. The van der Waals surface area contributed by atoms with E-state index in [1.807, 2.05) is 20.8 Å². The Hall–Kier alpha value is -1.45. The van der Waals surface area contributed by atoms with E-state index in [4.69, 9.17) is 9.47 Å². The summed E-state index contributed by atoms with van der Waals surface area (Å²) < 4.78 is 11.7. The van der Waals surface area contributed by atoms with Crippen LogP contribution in [-0.4, -0.2) is 87.1 Å². The number of hydrogen-bond acceptors (Lipinski definition) is 6. The van der Waals surface area contributed by atoms with Crippen molar-refractivity contribution in [3.63, 3.8) is 0 Å². The second kappa shape index (κ2) is 9.19. The van der Waals surface area contributed by atoms with Crippen molar-refractivity contribution < 1.29 is 29.0 Å². The van der Waals surface area contributed by atoms with Gasteiger partial charge in [-0.3, -0.25) is 14.4 Å². The molecule has 3 rings (SSSR count). The molecule has 3 fully saturated rings. The molecule has 174 valence electrons. The zero-order chi connectivity index (χ0) is 23.1. The lowest BCUT2D eigenvalue weighted by molar-refractivity contribution is -0.156. The van der Waals surface area contributed by atoms with Crippen LogP contribution in [0, 0.1) is 11.8 Å². The molecule has 2 amide bonds. The zero-order valence-corrected chi connectivity index (χ0v) is 20.2. The van der Waals surface area contributed by atoms with Gasteiger partial charge in [-0.2, -0.15) is 0 Å². The molecule has 0 aromatic rings. The van der Waals surface area contributed by atoms with E-state index in [1.165, 1.54) is 4.90 Å². The Balaban J connectivity index is 2.13. The van der Waals surface area contributed by atoms with Crippen molar-refractivity contribution in [3.05, 3.63) is 12.7 Å². The summed E-state index contributed by atoms with van der Waals surface area (Å²) in [7, 11) is 0. The van der Waals surface area contributed by atoms with Crippen LogP contribution in [0.2, 0.25) is 0 Å². The van der Waals surface area contributed by atoms with Crippen LogP contribution in [0.4, 0.5) is 0 Å². The first-order valence-corrected chi connectivity index (χ1v) is 11.9. The number of rotatable bonds is 9. The predicted molar refractivity (Wildman–Crippen MR) is 117 cm³/mol. The Morgan fingerprint density at radius 2 is 2.13 bits per heavy atom. The molecule has 2 bridgehead atoms. The van der Waals surface area contributed by atoms with Crippen molar-refractivity contribution in [2.45, 2.75) is 75.2 Å². The maximum absolute atomic E-state index is 13.9. The lowest BCUT2D eigenvalue weighted by Gasteiger charge is -2.40. The Kier molecular flexibility index (Phi) is 7.18. The molecule has 3 aliphatic heterocycles. The fraction of sp³-hybridized carbons (Fsp3) is 0.773. The Morgan fingerprint density at radius 1 is 1.45 bits per heavy atom. The van der Waals surface area contributed by atoms with Crippen LogP contribution in [0.1, 0.15) is 40.5 Å². The van der Waals surface area contributed by atoms with E-state index < -0.39 is 41.6 Å². The molecule has 0 radical (unpaired) electrons. The molecule has 3 saturated heterocycles. The van der Waals surface area contributed by atoms with Crippen LogP contribution < -0.4 is 0 Å². The van der Waals surface area contributed by atoms with Gasteiger partial charge in [-0.15, -0.1) is 6.58 Å². The topological polar surface area (TPSA) is 96.4 Å². The monoisotopic (exact) mass is 500 g/mol. The number of alkyl halides is 1. The molecule has 0 saturated carbocycles. The van der Waals surface area contributed by atoms with Gasteiger partial charge in [0.25, 0.3) is 0 Å². The zero-order valence-electron chi connectivity index (χ0n) is 18.6. The number of esters is 1. The van der Waals surface area contributed by atoms with Gasteiger partial charge in [0.2, 0.25) is 11.8 Å². The van der Waals surface area contributed by atoms with Crippen molar-refractivity contribution in [1.82, 2.24) is 9.80 Å². The van der Waals surface area contributed by atoms with E-state index in [2.05, 4.69) is 22.5 Å². The summed E-state index contributed by atoms with van der Waals surface area (Å²) in [4.78, 5) is 43.5. The van der Waals surface area contributed by atoms with Crippen molar-refractivity contribution in [2.75, 3.05) is 19.8 Å². The predicted octanol–water partition coefficient (Wildman–Crippen LogP) is 1.49. The molecule has 0 aromatic carbocycles. The Labute approximate surface area is 192 Å². The van der Waals surface area contributed by atoms with E-state index in [0.29, 0.717) is 19.4 Å². The normalized spacial score (nSPS) is 34.7. The number of nitrogens with zero attached hydrogens (tertiary/aromatic N) is 2. The average Bonchev–Trinajstić information content (AvgIpc) is 3.31. The van der Waals surface area contributed by atoms with Gasteiger partial charge < -0.3 is 24.4 Å². The van der Waals surface area contributed by atoms with E-state index >= 15 is 0 Å². The quantitative estimate of drug-likeness (QED) is 0.292. The highest BCUT2D eigenvalue weighted by Gasteiger charge is 2.77. The maximum atomic E-state index is 13.9. The van der Waals surface area contributed by atoms with Gasteiger partial charge in [0.1, 0.15) is 11.6 Å². The molecule has 31 heavy (non-hydrogen) atoms. The highest BCUT2D eigenvalue weighted by Crippen LogP contribution is 2.60. The fourth-order valence-corrected chi connectivity index (χ4v) is 6.46. The minimum absolute atomic E-state index is 0.119. The first kappa shape index (κ1) is 24.2. The summed E-state index contributed by atoms with van der Waals surface area (Å²) in [5.41, 5.74) is -1.14. The molecule has 0 aromatic heterocycles. The summed E-state index contributed by atoms with van der Waals surface area (Å²) in [5, 5.41) is 10.0. The number of fused-ring (bicyclic) bond motifs is 1. The van der Waals surface area contributed by atoms with E-state index in [9.17, 15) is 19.5 Å². The number of amides is 2. The van der Waals surface area contributed by atoms with Gasteiger partial charge in [-0.1, -0.05) is 28.9 Å². The molecule has 3 heterocycles. The van der Waals surface area contributed by atoms with Gasteiger partial charge in [0.05, 0.1) is 37.2 Å². The summed E-state index contributed by atoms with van der Waals surface area (Å²) in [5.74, 6) is -2.63. The van der Waals surface area contributed by atoms with Crippen LogP contribution in [-0.2, 0) is 23.9 Å². The van der Waals surface area contributed by atoms with Crippen LogP contribution in [0.15, 0.2) is 12.7 Å². The van der Waals surface area contributed by atoms with Crippen molar-refractivity contribution in [3.8, 4) is 0 Å². The molecule has 3 aliphatic rings. The number of likely N-dealkylation sites (tertiary alicyclic amines) is 1. The number of ether oxygens (including phenoxy) is 2. The summed E-state index contributed by atoms with van der Waals surface area (Å²) in [6, 6.07) is -1.58. The molecular formula is C22H33BrN2O6. The van der Waals surface area contributed by atoms with Gasteiger partial charge in [0, 0.05) is 17.4 Å². The molecule has 9 heteroatoms. The van der Waals surface area contributed by atoms with Crippen molar-refractivity contribution in [2.24, 2.45) is 11.8 Å². The molecule has 7 atom stereocenters. The molecule has 1 N–H and O–H groups in total. The summed E-state index contributed by atoms with van der Waals surface area (Å²) in [6.07, 6.45) is 2.02. The van der Waals surface area contributed by atoms with E-state index in [0.717, 1.165) is 0 Å². The van der Waals surface area contributed by atoms with Gasteiger partial charge in [0.15, 0.2) is 0 Å². The number of carbonyl (C=O) groups is 3. The van der Waals surface area contributed by atoms with Crippen LogP contribution in [0.3, 0.4) is 0 Å². The largest absolute Gasteiger partial charge is 0.466 e. The SMILES string of the molecule is C=CCN(C(=O)[C@@H]1N([C@@H](CC)CO)C(=O)[C@H]2[C@H](C(=O)OCC)[C@H]3O[C@@]12CC3Br)C(C)C. The number of aliphatic hydroxyl groups is 1. The molecule has 1 spiro atoms. The second-order valence-electron chi connectivity index (χ2n) is 8.78. The third-order valence-electron chi connectivity index (χ3n) is 6.83. The smallest absolute Gasteiger partial charge is 0.312 e. The average molecular weight is 501 g/mol. The molecule has 1 unspecified atom stereocenters. The maximum Gasteiger partial charge on any atom is 0.312 e. The number of halogens is 1. The van der Waals surface area contributed by atoms with Gasteiger partial charge in [-0.05, 0) is 33.6 Å². The minimum atomic E-state index is -1.14. The highest BCUT2D eigenvalue weighted by molar-refractivity contribution is 9.09. The molecule has 8 nitrogen and oxygen atoms in total. The number of aliphatic hydroxyl groups excluding tert-OH is 1. The minimum Gasteiger partial charge on any atom is -0.466 e. The van der Waals surface area contributed by atoms with Gasteiger partial charge in [-0.25, -0.2) is 0 Å². The Bertz CT molecular complexity index is 742. The number of carbonyl (C=O) groups excluding carboxylic acids is 3. The van der Waals surface area contributed by atoms with E-state index in [1.54, 1.807) is 17.9 Å². The standard InChI is InChI=1S/C22H33BrN2O6/c1-6-9-24(12(4)5)20(28)18-22-10-14(23)17(31-22)15(21(29)30-8-3)16(22)19(27)25(18)13(7-2)11-26/h6,12-18,26H,1,7-11H2,2-5H3/t13-,14?,15-,16+,17-,18-,22+/m0/s1. The van der Waals surface area contributed by atoms with Crippen LogP contribution in [0.5, 0.6) is 0 Å². The third kappa shape index (κ3) is 3.62. The Morgan fingerprint density at radius 3 is 2.65 bits per heavy atom. The first-order valence-electron chi connectivity index (χ1n) is 11.0. The molecular weight excluding hydrogens is 468 g/mol. The number of hydrogen-bond donors (Lipinski definition) is 1. The van der Waals surface area contributed by atoms with Crippen LogP contribution in [0.25, 0.3) is 0 Å². The summed E-state index contributed by atoms with van der Waals surface area (Å²) >= 11 is 3.62. The third-order valence-corrected chi connectivity index (χ3v) is 7.67. The highest BCUT2D eigenvalue weighted by atomic mass is 79.9. The van der Waals surface area contributed by atoms with Crippen LogP contribution >= 0.6 is 15.9 Å². The van der Waals surface area contributed by atoms with Crippen molar-refractivity contribution in [1.29, 1.82) is 0 Å². The van der Waals surface area contributed by atoms with Crippen molar-refractivity contribution >= 4 is 33.7 Å². The first-order chi connectivity index (χ1) is 14.7. The summed E-state index contributed by atoms with van der Waals surface area (Å²) in [6.45, 7) is 11.4. The van der Waals surface area contributed by atoms with E-state index in [-0.39, 0.29) is 35.9 Å². The lowest BCUT2D eigenvalue weighted by Crippen LogP contribution is -2.59. The van der Waals surface area contributed by atoms with Gasteiger partial charge >= 0.3 is 5.97 Å².